The second kappa shape index (κ2) is 6.65. The average Bonchev–Trinajstić information content (AvgIpc) is 3.09. The van der Waals surface area contributed by atoms with E-state index in [2.05, 4.69) is 9.97 Å². The summed E-state index contributed by atoms with van der Waals surface area (Å²) < 4.78 is 17.5. The lowest BCUT2D eigenvalue weighted by atomic mass is 10.1. The molecule has 1 aliphatic heterocycles. The summed E-state index contributed by atoms with van der Waals surface area (Å²) in [6.07, 6.45) is -0.936. The number of ether oxygens (including phenoxy) is 3. The first-order valence-corrected chi connectivity index (χ1v) is 7.59. The van der Waals surface area contributed by atoms with Crippen LogP contribution in [0.5, 0.6) is 0 Å². The van der Waals surface area contributed by atoms with Gasteiger partial charge in [-0.2, -0.15) is 0 Å². The lowest BCUT2D eigenvalue weighted by Crippen LogP contribution is -2.38. The van der Waals surface area contributed by atoms with Crippen molar-refractivity contribution in [2.75, 3.05) is 12.3 Å². The first-order valence-electron chi connectivity index (χ1n) is 7.59. The number of aliphatic hydroxyl groups is 1. The van der Waals surface area contributed by atoms with Crippen molar-refractivity contribution < 1.29 is 28.9 Å². The Hall–Kier alpha value is -2.72. The molecule has 0 radical (unpaired) electrons. The first kappa shape index (κ1) is 17.1. The molecule has 2 aromatic rings. The van der Waals surface area contributed by atoms with Crippen LogP contribution in [0, 0.1) is 0 Å². The van der Waals surface area contributed by atoms with Gasteiger partial charge in [-0.15, -0.1) is 0 Å². The number of carbonyl (C=O) groups excluding carboxylic acids is 2. The van der Waals surface area contributed by atoms with Crippen molar-refractivity contribution in [3.63, 3.8) is 0 Å². The Kier molecular flexibility index (Phi) is 4.55. The molecular weight excluding hydrogens is 332 g/mol. The van der Waals surface area contributed by atoms with E-state index in [0.717, 1.165) is 0 Å². The van der Waals surface area contributed by atoms with Gasteiger partial charge in [0, 0.05) is 20.0 Å². The third kappa shape index (κ3) is 3.26. The average molecular weight is 350 g/mol. The van der Waals surface area contributed by atoms with Gasteiger partial charge in [-0.3, -0.25) is 9.59 Å². The molecule has 0 amide bonds. The Morgan fingerprint density at radius 1 is 1.36 bits per heavy atom. The van der Waals surface area contributed by atoms with Crippen LogP contribution in [-0.2, 0) is 23.8 Å². The molecule has 3 rings (SSSR count). The predicted molar refractivity (Wildman–Crippen MR) is 84.0 cm³/mol. The minimum Gasteiger partial charge on any atom is -0.463 e. The quantitative estimate of drug-likeness (QED) is 0.715. The van der Waals surface area contributed by atoms with E-state index in [1.54, 1.807) is 16.8 Å². The van der Waals surface area contributed by atoms with Gasteiger partial charge in [-0.25, -0.2) is 9.97 Å². The maximum atomic E-state index is 11.3. The molecular formula is C15H18N4O6. The van der Waals surface area contributed by atoms with Crippen molar-refractivity contribution >= 4 is 28.8 Å². The van der Waals surface area contributed by atoms with Gasteiger partial charge in [0.1, 0.15) is 36.6 Å². The molecule has 0 aliphatic carbocycles. The number of anilines is 1. The van der Waals surface area contributed by atoms with Gasteiger partial charge in [0.25, 0.3) is 0 Å². The van der Waals surface area contributed by atoms with Gasteiger partial charge in [-0.05, 0) is 6.07 Å². The number of aliphatic hydroxyl groups excluding tert-OH is 1. The number of hydrogen-bond donors (Lipinski definition) is 2. The summed E-state index contributed by atoms with van der Waals surface area (Å²) in [4.78, 5) is 30.4. The number of nitrogens with two attached hydrogens (primary N) is 1. The van der Waals surface area contributed by atoms with Crippen molar-refractivity contribution in [3.8, 4) is 0 Å². The second-order valence-electron chi connectivity index (χ2n) is 5.65. The fraction of sp³-hybridized carbons (Fsp3) is 0.467. The summed E-state index contributed by atoms with van der Waals surface area (Å²) in [7, 11) is 0. The van der Waals surface area contributed by atoms with Gasteiger partial charge >= 0.3 is 11.9 Å². The largest absolute Gasteiger partial charge is 0.463 e. The molecule has 0 bridgehead atoms. The minimum atomic E-state index is -1.18. The zero-order valence-corrected chi connectivity index (χ0v) is 13.7. The Labute approximate surface area is 142 Å². The normalized spacial score (nSPS) is 25.9. The highest BCUT2D eigenvalue weighted by molar-refractivity contribution is 5.86. The number of fused-ring (bicyclic) bond motifs is 1. The maximum absolute atomic E-state index is 11.3. The molecule has 1 aliphatic rings. The topological polar surface area (TPSA) is 139 Å². The van der Waals surface area contributed by atoms with Crippen LogP contribution in [0.25, 0.3) is 11.0 Å². The Bertz CT molecular complexity index is 806. The Morgan fingerprint density at radius 2 is 2.12 bits per heavy atom. The molecule has 1 fully saturated rings. The smallest absolute Gasteiger partial charge is 0.303 e. The molecule has 10 heteroatoms. The summed E-state index contributed by atoms with van der Waals surface area (Å²) >= 11 is 0. The van der Waals surface area contributed by atoms with Crippen molar-refractivity contribution in [1.29, 1.82) is 0 Å². The highest BCUT2D eigenvalue weighted by Gasteiger charge is 2.47. The van der Waals surface area contributed by atoms with E-state index in [1.165, 1.54) is 20.2 Å². The molecule has 4 atom stereocenters. The summed E-state index contributed by atoms with van der Waals surface area (Å²) in [5, 5.41) is 11.2. The summed E-state index contributed by atoms with van der Waals surface area (Å²) in [6.45, 7) is 2.32. The number of rotatable bonds is 4. The van der Waals surface area contributed by atoms with Gasteiger partial charge in [0.2, 0.25) is 0 Å². The zero-order valence-electron chi connectivity index (χ0n) is 13.7. The Balaban J connectivity index is 1.91. The van der Waals surface area contributed by atoms with E-state index in [9.17, 15) is 14.7 Å². The maximum Gasteiger partial charge on any atom is 0.303 e. The molecule has 2 aromatic heterocycles. The highest BCUT2D eigenvalue weighted by Crippen LogP contribution is 2.34. The van der Waals surface area contributed by atoms with E-state index in [4.69, 9.17) is 19.9 Å². The molecule has 10 nitrogen and oxygen atoms in total. The predicted octanol–water partition coefficient (Wildman–Crippen LogP) is -0.233. The summed E-state index contributed by atoms with van der Waals surface area (Å²) in [5.74, 6) is -0.788. The van der Waals surface area contributed by atoms with Crippen LogP contribution in [0.4, 0.5) is 5.82 Å². The molecule has 0 aromatic carbocycles. The van der Waals surface area contributed by atoms with Crippen LogP contribution in [-0.4, -0.2) is 56.5 Å². The molecule has 134 valence electrons. The van der Waals surface area contributed by atoms with E-state index in [0.29, 0.717) is 16.9 Å². The first-order chi connectivity index (χ1) is 11.9. The van der Waals surface area contributed by atoms with Crippen LogP contribution in [0.3, 0.4) is 0 Å². The number of nitrogens with zero attached hydrogens (tertiary/aromatic N) is 3. The van der Waals surface area contributed by atoms with E-state index in [1.807, 2.05) is 0 Å². The van der Waals surface area contributed by atoms with Crippen molar-refractivity contribution in [1.82, 2.24) is 14.5 Å². The fourth-order valence-electron chi connectivity index (χ4n) is 2.82. The van der Waals surface area contributed by atoms with Gasteiger partial charge in [0.15, 0.2) is 12.3 Å². The van der Waals surface area contributed by atoms with Crippen LogP contribution >= 0.6 is 0 Å². The molecule has 25 heavy (non-hydrogen) atoms. The van der Waals surface area contributed by atoms with Crippen molar-refractivity contribution in [2.24, 2.45) is 0 Å². The van der Waals surface area contributed by atoms with E-state index in [-0.39, 0.29) is 6.61 Å². The van der Waals surface area contributed by atoms with Crippen LogP contribution in [0.1, 0.15) is 20.1 Å². The minimum absolute atomic E-state index is 0.156. The standard InChI is InChI=1S/C15H18N4O6/c1-7(20)23-5-10-12(24-8(2)21)11(22)15(25-10)19-4-3-9-13(16)17-6-18-14(9)19/h3-4,6,10-12,15,22H,5H2,1-2H3,(H2,16,17,18)/t10-,11-,12+,15+/m0/s1. The highest BCUT2D eigenvalue weighted by atomic mass is 16.6. The monoisotopic (exact) mass is 350 g/mol. The lowest BCUT2D eigenvalue weighted by molar-refractivity contribution is -0.157. The molecule has 1 saturated heterocycles. The van der Waals surface area contributed by atoms with Crippen LogP contribution in [0.15, 0.2) is 18.6 Å². The molecule has 0 spiro atoms. The van der Waals surface area contributed by atoms with Crippen molar-refractivity contribution in [2.45, 2.75) is 38.4 Å². The van der Waals surface area contributed by atoms with Gasteiger partial charge in [0.05, 0.1) is 5.39 Å². The number of nitrogen functional groups attached to an aromatic ring is 1. The third-order valence-electron chi connectivity index (χ3n) is 3.88. The number of aromatic nitrogens is 3. The molecule has 0 saturated carbocycles. The lowest BCUT2D eigenvalue weighted by Gasteiger charge is -2.19. The number of hydrogen-bond acceptors (Lipinski definition) is 9. The molecule has 3 heterocycles. The van der Waals surface area contributed by atoms with Crippen molar-refractivity contribution in [3.05, 3.63) is 18.6 Å². The second-order valence-corrected chi connectivity index (χ2v) is 5.65. The van der Waals surface area contributed by atoms with Gasteiger partial charge in [-0.1, -0.05) is 0 Å². The molecule has 3 N–H and O–H groups in total. The molecule has 0 unspecified atom stereocenters. The summed E-state index contributed by atoms with van der Waals surface area (Å²) in [5.41, 5.74) is 6.27. The van der Waals surface area contributed by atoms with Gasteiger partial charge < -0.3 is 29.6 Å². The third-order valence-corrected chi connectivity index (χ3v) is 3.88. The van der Waals surface area contributed by atoms with E-state index < -0.39 is 36.5 Å². The number of esters is 2. The van der Waals surface area contributed by atoms with Crippen LogP contribution < -0.4 is 5.73 Å². The Morgan fingerprint density at radius 3 is 2.80 bits per heavy atom. The zero-order chi connectivity index (χ0) is 18.1. The van der Waals surface area contributed by atoms with E-state index >= 15 is 0 Å². The summed E-state index contributed by atoms with van der Waals surface area (Å²) in [6, 6.07) is 1.70. The SMILES string of the molecule is CC(=O)OC[C@@H]1O[C@@H](n2ccc3c(N)ncnc32)[C@@H](O)[C@@H]1OC(C)=O. The fourth-order valence-corrected chi connectivity index (χ4v) is 2.82. The van der Waals surface area contributed by atoms with Crippen LogP contribution in [0.2, 0.25) is 0 Å². The number of carbonyl (C=O) groups is 2.